The second kappa shape index (κ2) is 13.7. The van der Waals surface area contributed by atoms with Crippen LogP contribution in [0.2, 0.25) is 5.02 Å². The van der Waals surface area contributed by atoms with E-state index in [4.69, 9.17) is 16.7 Å². The average Bonchev–Trinajstić information content (AvgIpc) is 2.90. The molecule has 1 aromatic carbocycles. The van der Waals surface area contributed by atoms with E-state index in [1.54, 1.807) is 12.1 Å². The average molecular weight is 563 g/mol. The van der Waals surface area contributed by atoms with Crippen LogP contribution < -0.4 is 9.62 Å². The molecule has 2 aromatic rings. The van der Waals surface area contributed by atoms with Gasteiger partial charge in [0.05, 0.1) is 22.0 Å². The standard InChI is InChI=1S/C28H39ClN4O4S/c29-26-19-25(38(36,37)31-14-8-28(34)35)6-7-27(26)33-17-11-23(12-18-33)4-1-3-22-9-15-32(16-10-22)21-24-5-2-13-30-20-24/h2,5-7,13,19-20,22-23,31H,1,3-4,8-12,14-18,21H2,(H,34,35). The molecule has 38 heavy (non-hydrogen) atoms. The third-order valence-electron chi connectivity index (χ3n) is 7.88. The number of carboxylic acids is 1. The van der Waals surface area contributed by atoms with Crippen molar-refractivity contribution in [1.29, 1.82) is 0 Å². The molecular formula is C28H39ClN4O4S. The van der Waals surface area contributed by atoms with Gasteiger partial charge in [-0.25, -0.2) is 13.1 Å². The molecule has 3 heterocycles. The molecular weight excluding hydrogens is 524 g/mol. The molecule has 0 amide bonds. The van der Waals surface area contributed by atoms with Gasteiger partial charge in [-0.05, 0) is 80.4 Å². The van der Waals surface area contributed by atoms with E-state index in [2.05, 4.69) is 25.6 Å². The SMILES string of the molecule is O=C(O)CCNS(=O)(=O)c1ccc(N2CCC(CCCC3CCN(Cc4cccnc4)CC3)CC2)c(Cl)c1. The number of likely N-dealkylation sites (tertiary alicyclic amines) is 1. The topological polar surface area (TPSA) is 103 Å². The summed E-state index contributed by atoms with van der Waals surface area (Å²) < 4.78 is 27.1. The largest absolute Gasteiger partial charge is 0.481 e. The first-order chi connectivity index (χ1) is 18.3. The van der Waals surface area contributed by atoms with Crippen LogP contribution in [0.4, 0.5) is 5.69 Å². The minimum Gasteiger partial charge on any atom is -0.481 e. The van der Waals surface area contributed by atoms with E-state index in [1.807, 2.05) is 18.5 Å². The molecule has 2 aliphatic heterocycles. The first-order valence-electron chi connectivity index (χ1n) is 13.7. The molecule has 0 saturated carbocycles. The highest BCUT2D eigenvalue weighted by Gasteiger charge is 2.24. The van der Waals surface area contributed by atoms with Crippen molar-refractivity contribution in [3.8, 4) is 0 Å². The van der Waals surface area contributed by atoms with Crippen LogP contribution in [0, 0.1) is 11.8 Å². The Morgan fingerprint density at radius 2 is 1.74 bits per heavy atom. The fourth-order valence-electron chi connectivity index (χ4n) is 5.63. The summed E-state index contributed by atoms with van der Waals surface area (Å²) in [5.41, 5.74) is 2.15. The van der Waals surface area contributed by atoms with Gasteiger partial charge in [-0.3, -0.25) is 14.7 Å². The number of pyridine rings is 1. The number of carboxylic acid groups (broad SMARTS) is 1. The summed E-state index contributed by atoms with van der Waals surface area (Å²) in [6.45, 7) is 5.04. The lowest BCUT2D eigenvalue weighted by atomic mass is 9.86. The van der Waals surface area contributed by atoms with E-state index >= 15 is 0 Å². The Morgan fingerprint density at radius 3 is 2.34 bits per heavy atom. The van der Waals surface area contributed by atoms with Gasteiger partial charge in [-0.15, -0.1) is 0 Å². The summed E-state index contributed by atoms with van der Waals surface area (Å²) in [5, 5.41) is 9.12. The number of sulfonamides is 1. The second-order valence-corrected chi connectivity index (χ2v) is 12.8. The summed E-state index contributed by atoms with van der Waals surface area (Å²) in [4.78, 5) is 19.7. The molecule has 208 valence electrons. The Morgan fingerprint density at radius 1 is 1.05 bits per heavy atom. The van der Waals surface area contributed by atoms with Crippen molar-refractivity contribution in [3.05, 3.63) is 53.3 Å². The highest BCUT2D eigenvalue weighted by Crippen LogP contribution is 2.33. The molecule has 2 fully saturated rings. The predicted octanol–water partition coefficient (Wildman–Crippen LogP) is 4.79. The van der Waals surface area contributed by atoms with Gasteiger partial charge in [0.25, 0.3) is 0 Å². The fraction of sp³-hybridized carbons (Fsp3) is 0.571. The minimum absolute atomic E-state index is 0.0504. The zero-order chi connectivity index (χ0) is 27.0. The van der Waals surface area contributed by atoms with Crippen LogP contribution in [0.15, 0.2) is 47.6 Å². The maximum absolute atomic E-state index is 12.4. The summed E-state index contributed by atoms with van der Waals surface area (Å²) in [6, 6.07) is 8.92. The summed E-state index contributed by atoms with van der Waals surface area (Å²) in [6.07, 6.45) is 12.2. The predicted molar refractivity (Wildman–Crippen MR) is 150 cm³/mol. The van der Waals surface area contributed by atoms with Gasteiger partial charge in [-0.1, -0.05) is 36.9 Å². The molecule has 0 spiro atoms. The zero-order valence-electron chi connectivity index (χ0n) is 21.9. The molecule has 2 saturated heterocycles. The third-order valence-corrected chi connectivity index (χ3v) is 9.64. The molecule has 2 N–H and O–H groups in total. The van der Waals surface area contributed by atoms with Gasteiger partial charge in [-0.2, -0.15) is 0 Å². The lowest BCUT2D eigenvalue weighted by Gasteiger charge is -2.35. The first-order valence-corrected chi connectivity index (χ1v) is 15.5. The molecule has 8 nitrogen and oxygen atoms in total. The van der Waals surface area contributed by atoms with Crippen molar-refractivity contribution < 1.29 is 18.3 Å². The van der Waals surface area contributed by atoms with E-state index in [0.717, 1.165) is 50.0 Å². The van der Waals surface area contributed by atoms with Gasteiger partial charge in [0.15, 0.2) is 0 Å². The van der Waals surface area contributed by atoms with Crippen LogP contribution in [-0.4, -0.2) is 62.1 Å². The smallest absolute Gasteiger partial charge is 0.304 e. The normalized spacial score (nSPS) is 18.1. The van der Waals surface area contributed by atoms with E-state index in [-0.39, 0.29) is 17.9 Å². The molecule has 4 rings (SSSR count). The maximum atomic E-state index is 12.4. The van der Waals surface area contributed by atoms with Gasteiger partial charge >= 0.3 is 5.97 Å². The Bertz CT molecular complexity index is 1150. The molecule has 0 unspecified atom stereocenters. The lowest BCUT2D eigenvalue weighted by Crippen LogP contribution is -2.34. The third kappa shape index (κ3) is 8.40. The number of aliphatic carboxylic acids is 1. The number of hydrogen-bond acceptors (Lipinski definition) is 6. The van der Waals surface area contributed by atoms with Gasteiger partial charge in [0, 0.05) is 38.6 Å². The molecule has 0 bridgehead atoms. The Hall–Kier alpha value is -2.20. The number of aromatic nitrogens is 1. The van der Waals surface area contributed by atoms with Crippen molar-refractivity contribution in [2.45, 2.75) is 62.8 Å². The lowest BCUT2D eigenvalue weighted by molar-refractivity contribution is -0.136. The molecule has 10 heteroatoms. The van der Waals surface area contributed by atoms with Crippen LogP contribution in [0.5, 0.6) is 0 Å². The number of rotatable bonds is 12. The van der Waals surface area contributed by atoms with Crippen molar-refractivity contribution in [3.63, 3.8) is 0 Å². The molecule has 2 aliphatic rings. The number of halogens is 1. The van der Waals surface area contributed by atoms with Crippen molar-refractivity contribution in [2.75, 3.05) is 37.6 Å². The number of anilines is 1. The van der Waals surface area contributed by atoms with E-state index in [1.165, 1.54) is 56.8 Å². The summed E-state index contributed by atoms with van der Waals surface area (Å²) in [7, 11) is -3.79. The number of nitrogens with one attached hydrogen (secondary N) is 1. The van der Waals surface area contributed by atoms with Crippen molar-refractivity contribution in [1.82, 2.24) is 14.6 Å². The van der Waals surface area contributed by atoms with Crippen molar-refractivity contribution >= 4 is 33.3 Å². The summed E-state index contributed by atoms with van der Waals surface area (Å²) in [5.74, 6) is 0.517. The Balaban J connectivity index is 1.15. The fourth-order valence-corrected chi connectivity index (χ4v) is 7.05. The first kappa shape index (κ1) is 28.8. The number of hydrogen-bond donors (Lipinski definition) is 2. The number of benzene rings is 1. The maximum Gasteiger partial charge on any atom is 0.304 e. The van der Waals surface area contributed by atoms with Gasteiger partial charge in [0.2, 0.25) is 10.0 Å². The minimum atomic E-state index is -3.79. The van der Waals surface area contributed by atoms with Crippen LogP contribution in [0.25, 0.3) is 0 Å². The molecule has 0 atom stereocenters. The van der Waals surface area contributed by atoms with Gasteiger partial charge in [0.1, 0.15) is 0 Å². The Kier molecular flexibility index (Phi) is 10.4. The van der Waals surface area contributed by atoms with Crippen LogP contribution in [0.1, 0.15) is 56.9 Å². The Labute approximate surface area is 231 Å². The van der Waals surface area contributed by atoms with E-state index in [0.29, 0.717) is 5.02 Å². The number of nitrogens with zero attached hydrogens (tertiary/aromatic N) is 3. The summed E-state index contributed by atoms with van der Waals surface area (Å²) >= 11 is 6.48. The quantitative estimate of drug-likeness (QED) is 0.383. The van der Waals surface area contributed by atoms with Crippen LogP contribution >= 0.6 is 11.6 Å². The zero-order valence-corrected chi connectivity index (χ0v) is 23.5. The molecule has 1 aromatic heterocycles. The monoisotopic (exact) mass is 562 g/mol. The van der Waals surface area contributed by atoms with Gasteiger partial charge < -0.3 is 10.0 Å². The second-order valence-electron chi connectivity index (χ2n) is 10.6. The highest BCUT2D eigenvalue weighted by molar-refractivity contribution is 7.89. The van der Waals surface area contributed by atoms with Crippen molar-refractivity contribution in [2.24, 2.45) is 11.8 Å². The molecule has 0 aliphatic carbocycles. The number of carbonyl (C=O) groups is 1. The van der Waals surface area contributed by atoms with Crippen LogP contribution in [0.3, 0.4) is 0 Å². The van der Waals surface area contributed by atoms with Crippen LogP contribution in [-0.2, 0) is 21.4 Å². The van der Waals surface area contributed by atoms with E-state index < -0.39 is 16.0 Å². The number of piperidine rings is 2. The van der Waals surface area contributed by atoms with E-state index in [9.17, 15) is 13.2 Å². The highest BCUT2D eigenvalue weighted by atomic mass is 35.5. The molecule has 0 radical (unpaired) electrons.